The van der Waals surface area contributed by atoms with E-state index in [1.54, 1.807) is 18.6 Å². The summed E-state index contributed by atoms with van der Waals surface area (Å²) in [5.41, 5.74) is 2.13. The molecule has 31 heavy (non-hydrogen) atoms. The molecule has 0 amide bonds. The zero-order chi connectivity index (χ0) is 21.6. The van der Waals surface area contributed by atoms with Gasteiger partial charge < -0.3 is 15.4 Å². The molecule has 0 radical (unpaired) electrons. The van der Waals surface area contributed by atoms with Crippen molar-refractivity contribution in [3.8, 4) is 11.3 Å². The van der Waals surface area contributed by atoms with Gasteiger partial charge in [0.15, 0.2) is 0 Å². The number of pyridine rings is 1. The average Bonchev–Trinajstić information content (AvgIpc) is 2.80. The number of piperidine rings is 1. The largest absolute Gasteiger partial charge is 0.381 e. The summed E-state index contributed by atoms with van der Waals surface area (Å²) in [5.74, 6) is 2.08. The van der Waals surface area contributed by atoms with Crippen LogP contribution >= 0.6 is 11.6 Å². The van der Waals surface area contributed by atoms with Crippen LogP contribution in [0.3, 0.4) is 0 Å². The highest BCUT2D eigenvalue weighted by Crippen LogP contribution is 2.28. The standard InChI is InChI=1S/C23H30ClN5O2/c1-15-6-17(11-25-9-15)22(30)8-18-7-19(20(24)12-27-18)21-13-26-14-23(29-21)28-10-16-2-4-31-5-3-16/h7,12-17,25H,2-6,8-11H2,1H3,(H,28,29)/t15-,17-/m1/s1. The van der Waals surface area contributed by atoms with E-state index in [-0.39, 0.29) is 11.7 Å². The minimum Gasteiger partial charge on any atom is -0.381 e. The van der Waals surface area contributed by atoms with Crippen LogP contribution in [0.4, 0.5) is 5.82 Å². The number of carbonyl (C=O) groups excluding carboxylic acids is 1. The van der Waals surface area contributed by atoms with E-state index in [2.05, 4.69) is 27.5 Å². The van der Waals surface area contributed by atoms with E-state index in [1.165, 1.54) is 0 Å². The molecule has 0 saturated carbocycles. The van der Waals surface area contributed by atoms with Crippen molar-refractivity contribution in [2.24, 2.45) is 17.8 Å². The van der Waals surface area contributed by atoms with Crippen LogP contribution in [0.25, 0.3) is 11.3 Å². The Morgan fingerprint density at radius 2 is 2.10 bits per heavy atom. The van der Waals surface area contributed by atoms with Crippen molar-refractivity contribution in [3.05, 3.63) is 35.4 Å². The van der Waals surface area contributed by atoms with Crippen molar-refractivity contribution in [2.45, 2.75) is 32.6 Å². The molecule has 2 atom stereocenters. The van der Waals surface area contributed by atoms with Gasteiger partial charge in [-0.15, -0.1) is 0 Å². The Bertz CT molecular complexity index is 903. The maximum atomic E-state index is 12.8. The van der Waals surface area contributed by atoms with Crippen LogP contribution in [0.1, 0.15) is 31.9 Å². The highest BCUT2D eigenvalue weighted by molar-refractivity contribution is 6.33. The Kier molecular flexibility index (Phi) is 7.48. The van der Waals surface area contributed by atoms with Gasteiger partial charge >= 0.3 is 0 Å². The second-order valence-electron chi connectivity index (χ2n) is 8.72. The monoisotopic (exact) mass is 443 g/mol. The third-order valence-electron chi connectivity index (χ3n) is 6.12. The number of hydrogen-bond donors (Lipinski definition) is 2. The van der Waals surface area contributed by atoms with Crippen LogP contribution in [0.5, 0.6) is 0 Å². The Morgan fingerprint density at radius 3 is 2.90 bits per heavy atom. The quantitative estimate of drug-likeness (QED) is 0.677. The first kappa shape index (κ1) is 22.1. The summed E-state index contributed by atoms with van der Waals surface area (Å²) in [5, 5.41) is 7.23. The molecule has 0 aliphatic carbocycles. The van der Waals surface area contributed by atoms with Crippen molar-refractivity contribution < 1.29 is 9.53 Å². The summed E-state index contributed by atoms with van der Waals surface area (Å²) in [7, 11) is 0. The number of carbonyl (C=O) groups is 1. The van der Waals surface area contributed by atoms with Gasteiger partial charge in [-0.3, -0.25) is 14.8 Å². The fraction of sp³-hybridized carbons (Fsp3) is 0.565. The van der Waals surface area contributed by atoms with E-state index in [0.717, 1.165) is 63.5 Å². The molecule has 8 heteroatoms. The summed E-state index contributed by atoms with van der Waals surface area (Å²) < 4.78 is 5.42. The summed E-state index contributed by atoms with van der Waals surface area (Å²) >= 11 is 6.43. The lowest BCUT2D eigenvalue weighted by Crippen LogP contribution is -2.39. The molecule has 0 bridgehead atoms. The van der Waals surface area contributed by atoms with Gasteiger partial charge in [-0.25, -0.2) is 4.98 Å². The second-order valence-corrected chi connectivity index (χ2v) is 9.13. The van der Waals surface area contributed by atoms with E-state index in [9.17, 15) is 4.79 Å². The third kappa shape index (κ3) is 5.99. The summed E-state index contributed by atoms with van der Waals surface area (Å²) in [6.45, 7) is 6.39. The van der Waals surface area contributed by atoms with E-state index in [1.807, 2.05) is 6.07 Å². The first-order chi connectivity index (χ1) is 15.1. The molecule has 4 heterocycles. The molecular weight excluding hydrogens is 414 g/mol. The smallest absolute Gasteiger partial charge is 0.145 e. The van der Waals surface area contributed by atoms with E-state index in [4.69, 9.17) is 21.3 Å². The Labute approximate surface area is 188 Å². The van der Waals surface area contributed by atoms with Crippen molar-refractivity contribution >= 4 is 23.2 Å². The molecule has 0 spiro atoms. The molecule has 2 aliphatic rings. The maximum Gasteiger partial charge on any atom is 0.145 e. The molecule has 7 nitrogen and oxygen atoms in total. The van der Waals surface area contributed by atoms with Crippen LogP contribution in [-0.2, 0) is 16.0 Å². The maximum absolute atomic E-state index is 12.8. The van der Waals surface area contributed by atoms with Gasteiger partial charge in [-0.05, 0) is 43.7 Å². The minimum atomic E-state index is 0.0437. The minimum absolute atomic E-state index is 0.0437. The second kappa shape index (κ2) is 10.5. The third-order valence-corrected chi connectivity index (χ3v) is 6.42. The van der Waals surface area contributed by atoms with Crippen LogP contribution in [0, 0.1) is 17.8 Å². The molecule has 0 aromatic carbocycles. The number of ether oxygens (including phenoxy) is 1. The molecule has 4 rings (SSSR count). The fourth-order valence-corrected chi connectivity index (χ4v) is 4.48. The number of nitrogens with zero attached hydrogens (tertiary/aromatic N) is 3. The number of anilines is 1. The van der Waals surface area contributed by atoms with Gasteiger partial charge in [0.2, 0.25) is 0 Å². The molecule has 2 aromatic rings. The lowest BCUT2D eigenvalue weighted by molar-refractivity contribution is -0.123. The first-order valence-electron chi connectivity index (χ1n) is 11.1. The van der Waals surface area contributed by atoms with Crippen LogP contribution in [0.2, 0.25) is 5.02 Å². The zero-order valence-corrected chi connectivity index (χ0v) is 18.7. The number of nitrogens with one attached hydrogen (secondary N) is 2. The fourth-order valence-electron chi connectivity index (χ4n) is 4.28. The number of hydrogen-bond acceptors (Lipinski definition) is 7. The molecule has 2 saturated heterocycles. The van der Waals surface area contributed by atoms with Crippen molar-refractivity contribution in [3.63, 3.8) is 0 Å². The molecule has 2 N–H and O–H groups in total. The molecule has 0 unspecified atom stereocenters. The number of aromatic nitrogens is 3. The molecular formula is C23H30ClN5O2. The van der Waals surface area contributed by atoms with Crippen molar-refractivity contribution in [2.75, 3.05) is 38.2 Å². The van der Waals surface area contributed by atoms with Gasteiger partial charge in [0.25, 0.3) is 0 Å². The van der Waals surface area contributed by atoms with Crippen LogP contribution < -0.4 is 10.6 Å². The predicted molar refractivity (Wildman–Crippen MR) is 121 cm³/mol. The normalized spacial score (nSPS) is 22.3. The first-order valence-corrected chi connectivity index (χ1v) is 11.5. The van der Waals surface area contributed by atoms with Crippen molar-refractivity contribution in [1.82, 2.24) is 20.3 Å². The van der Waals surface area contributed by atoms with Crippen LogP contribution in [0.15, 0.2) is 24.7 Å². The topological polar surface area (TPSA) is 89.0 Å². The summed E-state index contributed by atoms with van der Waals surface area (Å²) in [6.07, 6.45) is 8.37. The van der Waals surface area contributed by atoms with Gasteiger partial charge in [0.1, 0.15) is 11.6 Å². The highest BCUT2D eigenvalue weighted by atomic mass is 35.5. The average molecular weight is 444 g/mol. The molecule has 2 aromatic heterocycles. The van der Waals surface area contributed by atoms with Gasteiger partial charge in [0, 0.05) is 56.1 Å². The molecule has 2 fully saturated rings. The SMILES string of the molecule is C[C@H]1CNC[C@H](C(=O)Cc2cc(-c3cncc(NCC4CCOCC4)n3)c(Cl)cn2)C1. The van der Waals surface area contributed by atoms with Gasteiger partial charge in [0.05, 0.1) is 23.1 Å². The molecule has 2 aliphatic heterocycles. The summed E-state index contributed by atoms with van der Waals surface area (Å²) in [4.78, 5) is 26.2. The number of ketones is 1. The van der Waals surface area contributed by atoms with Crippen molar-refractivity contribution in [1.29, 1.82) is 0 Å². The lowest BCUT2D eigenvalue weighted by Gasteiger charge is -2.26. The molecule has 166 valence electrons. The Balaban J connectivity index is 1.44. The van der Waals surface area contributed by atoms with E-state index >= 15 is 0 Å². The Morgan fingerprint density at radius 1 is 1.26 bits per heavy atom. The van der Waals surface area contributed by atoms with Crippen LogP contribution in [-0.4, -0.2) is 53.6 Å². The van der Waals surface area contributed by atoms with Gasteiger partial charge in [-0.1, -0.05) is 18.5 Å². The summed E-state index contributed by atoms with van der Waals surface area (Å²) in [6, 6.07) is 1.87. The van der Waals surface area contributed by atoms with Gasteiger partial charge in [-0.2, -0.15) is 0 Å². The zero-order valence-electron chi connectivity index (χ0n) is 17.9. The lowest BCUT2D eigenvalue weighted by atomic mass is 9.87. The number of Topliss-reactive ketones (excluding diaryl/α,β-unsaturated/α-hetero) is 1. The number of halogens is 1. The van der Waals surface area contributed by atoms with E-state index < -0.39 is 0 Å². The predicted octanol–water partition coefficient (Wildman–Crippen LogP) is 3.39. The Hall–Kier alpha value is -2.09. The highest BCUT2D eigenvalue weighted by Gasteiger charge is 2.25. The van der Waals surface area contributed by atoms with E-state index in [0.29, 0.717) is 34.7 Å². The number of rotatable bonds is 7.